The van der Waals surface area contributed by atoms with E-state index < -0.39 is 6.09 Å². The van der Waals surface area contributed by atoms with Crippen LogP contribution in [0.15, 0.2) is 37.1 Å². The second-order valence-electron chi connectivity index (χ2n) is 3.35. The summed E-state index contributed by atoms with van der Waals surface area (Å²) in [6.07, 6.45) is 4.98. The van der Waals surface area contributed by atoms with Gasteiger partial charge in [0, 0.05) is 6.20 Å². The van der Waals surface area contributed by atoms with Crippen LogP contribution in [0.4, 0.5) is 4.79 Å². The van der Waals surface area contributed by atoms with Crippen LogP contribution in [0.25, 0.3) is 6.08 Å². The van der Waals surface area contributed by atoms with Crippen molar-refractivity contribution in [2.45, 2.75) is 6.42 Å². The minimum atomic E-state index is -0.522. The van der Waals surface area contributed by atoms with Gasteiger partial charge in [0.1, 0.15) is 5.75 Å². The summed E-state index contributed by atoms with van der Waals surface area (Å²) in [6.45, 7) is 3.62. The Labute approximate surface area is 100 Å². The average Bonchev–Trinajstić information content (AvgIpc) is 2.33. The number of amides is 1. The third kappa shape index (κ3) is 4.03. The molecule has 0 spiro atoms. The first-order valence-electron chi connectivity index (χ1n) is 5.11. The van der Waals surface area contributed by atoms with Crippen LogP contribution in [-0.2, 0) is 11.2 Å². The molecule has 1 rings (SSSR count). The highest BCUT2D eigenvalue weighted by Gasteiger charge is 1.99. The Morgan fingerprint density at radius 3 is 3.00 bits per heavy atom. The summed E-state index contributed by atoms with van der Waals surface area (Å²) in [4.78, 5) is 10.8. The van der Waals surface area contributed by atoms with Crippen LogP contribution in [0.3, 0.4) is 0 Å². The van der Waals surface area contributed by atoms with Gasteiger partial charge in [-0.2, -0.15) is 0 Å². The lowest BCUT2D eigenvalue weighted by molar-refractivity contribution is 0.175. The average molecular weight is 233 g/mol. The van der Waals surface area contributed by atoms with E-state index in [1.165, 1.54) is 13.3 Å². The lowest BCUT2D eigenvalue weighted by Gasteiger charge is -2.03. The van der Waals surface area contributed by atoms with Gasteiger partial charge >= 0.3 is 6.09 Å². The molecule has 0 aliphatic carbocycles. The number of hydrogen-bond donors (Lipinski definition) is 2. The zero-order valence-corrected chi connectivity index (χ0v) is 9.64. The molecule has 2 N–H and O–H groups in total. The zero-order valence-electron chi connectivity index (χ0n) is 9.64. The van der Waals surface area contributed by atoms with E-state index in [1.807, 2.05) is 6.07 Å². The summed E-state index contributed by atoms with van der Waals surface area (Å²) in [5, 5.41) is 12.0. The van der Waals surface area contributed by atoms with Crippen LogP contribution in [0.5, 0.6) is 5.75 Å². The van der Waals surface area contributed by atoms with E-state index in [0.29, 0.717) is 6.42 Å². The fourth-order valence-corrected chi connectivity index (χ4v) is 1.29. The topological polar surface area (TPSA) is 58.6 Å². The Kier molecular flexibility index (Phi) is 4.81. The van der Waals surface area contributed by atoms with Gasteiger partial charge in [-0.1, -0.05) is 12.1 Å². The van der Waals surface area contributed by atoms with Gasteiger partial charge in [-0.15, -0.1) is 6.58 Å². The maximum atomic E-state index is 10.8. The number of ether oxygens (including phenoxy) is 1. The van der Waals surface area contributed by atoms with Crippen molar-refractivity contribution in [3.8, 4) is 5.75 Å². The van der Waals surface area contributed by atoms with Crippen molar-refractivity contribution >= 4 is 12.2 Å². The van der Waals surface area contributed by atoms with Crippen molar-refractivity contribution in [2.24, 2.45) is 0 Å². The minimum absolute atomic E-state index is 0.239. The molecule has 0 aromatic heterocycles. The SMILES string of the molecule is C=CCc1cc(C=CNC(=O)OC)ccc1O. The Morgan fingerprint density at radius 1 is 1.59 bits per heavy atom. The van der Waals surface area contributed by atoms with Gasteiger partial charge in [0.05, 0.1) is 7.11 Å². The molecule has 0 saturated heterocycles. The number of alkyl carbamates (subject to hydrolysis) is 1. The number of nitrogens with one attached hydrogen (secondary N) is 1. The third-order valence-corrected chi connectivity index (χ3v) is 2.13. The van der Waals surface area contributed by atoms with E-state index in [9.17, 15) is 9.90 Å². The maximum Gasteiger partial charge on any atom is 0.410 e. The quantitative estimate of drug-likeness (QED) is 0.785. The van der Waals surface area contributed by atoms with E-state index >= 15 is 0 Å². The van der Waals surface area contributed by atoms with E-state index in [2.05, 4.69) is 16.6 Å². The van der Waals surface area contributed by atoms with Gasteiger partial charge < -0.3 is 9.84 Å². The second kappa shape index (κ2) is 6.37. The van der Waals surface area contributed by atoms with E-state index in [-0.39, 0.29) is 5.75 Å². The molecule has 0 heterocycles. The van der Waals surface area contributed by atoms with Crippen molar-refractivity contribution in [1.82, 2.24) is 5.32 Å². The lowest BCUT2D eigenvalue weighted by Crippen LogP contribution is -2.15. The van der Waals surface area contributed by atoms with Crippen LogP contribution in [-0.4, -0.2) is 18.3 Å². The number of rotatable bonds is 4. The third-order valence-electron chi connectivity index (χ3n) is 2.13. The van der Waals surface area contributed by atoms with Crippen molar-refractivity contribution in [1.29, 1.82) is 0 Å². The van der Waals surface area contributed by atoms with Gasteiger partial charge in [0.25, 0.3) is 0 Å². The molecule has 4 heteroatoms. The standard InChI is InChI=1S/C13H15NO3/c1-3-4-11-9-10(5-6-12(11)15)7-8-14-13(16)17-2/h3,5-9,15H,1,4H2,2H3,(H,14,16). The van der Waals surface area contributed by atoms with Crippen LogP contribution in [0, 0.1) is 0 Å². The van der Waals surface area contributed by atoms with Crippen LogP contribution >= 0.6 is 0 Å². The Hall–Kier alpha value is -2.23. The smallest absolute Gasteiger partial charge is 0.410 e. The maximum absolute atomic E-state index is 10.8. The summed E-state index contributed by atoms with van der Waals surface area (Å²) in [5.74, 6) is 0.239. The number of carbonyl (C=O) groups excluding carboxylic acids is 1. The van der Waals surface area contributed by atoms with Gasteiger partial charge in [-0.25, -0.2) is 4.79 Å². The largest absolute Gasteiger partial charge is 0.508 e. The summed E-state index contributed by atoms with van der Waals surface area (Å²) >= 11 is 0. The molecule has 17 heavy (non-hydrogen) atoms. The number of allylic oxidation sites excluding steroid dienone is 1. The van der Waals surface area contributed by atoms with Crippen LogP contribution in [0.2, 0.25) is 0 Å². The summed E-state index contributed by atoms with van der Waals surface area (Å²) < 4.78 is 4.41. The molecular formula is C13H15NO3. The molecule has 0 saturated carbocycles. The van der Waals surface area contributed by atoms with E-state index in [0.717, 1.165) is 11.1 Å². The van der Waals surface area contributed by atoms with Gasteiger partial charge in [-0.3, -0.25) is 5.32 Å². The predicted octanol–water partition coefficient (Wildman–Crippen LogP) is 2.45. The van der Waals surface area contributed by atoms with Crippen molar-refractivity contribution in [2.75, 3.05) is 7.11 Å². The lowest BCUT2D eigenvalue weighted by atomic mass is 10.1. The predicted molar refractivity (Wildman–Crippen MR) is 66.6 cm³/mol. The molecule has 0 atom stereocenters. The molecule has 0 aliphatic rings. The fourth-order valence-electron chi connectivity index (χ4n) is 1.29. The highest BCUT2D eigenvalue weighted by Crippen LogP contribution is 2.19. The minimum Gasteiger partial charge on any atom is -0.508 e. The molecule has 90 valence electrons. The van der Waals surface area contributed by atoms with Crippen molar-refractivity contribution in [3.05, 3.63) is 48.2 Å². The molecule has 0 aliphatic heterocycles. The van der Waals surface area contributed by atoms with E-state index in [4.69, 9.17) is 0 Å². The van der Waals surface area contributed by atoms with Crippen molar-refractivity contribution in [3.63, 3.8) is 0 Å². The number of phenols is 1. The number of hydrogen-bond acceptors (Lipinski definition) is 3. The Balaban J connectivity index is 2.74. The van der Waals surface area contributed by atoms with Gasteiger partial charge in [-0.05, 0) is 35.8 Å². The monoisotopic (exact) mass is 233 g/mol. The number of methoxy groups -OCH3 is 1. The molecular weight excluding hydrogens is 218 g/mol. The molecule has 1 amide bonds. The molecule has 1 aromatic carbocycles. The first-order valence-corrected chi connectivity index (χ1v) is 5.11. The number of carbonyl (C=O) groups is 1. The number of benzene rings is 1. The van der Waals surface area contributed by atoms with Gasteiger partial charge in [0.15, 0.2) is 0 Å². The molecule has 0 bridgehead atoms. The Bertz CT molecular complexity index is 438. The molecule has 0 unspecified atom stereocenters. The highest BCUT2D eigenvalue weighted by atomic mass is 16.5. The Morgan fingerprint density at radius 2 is 2.35 bits per heavy atom. The van der Waals surface area contributed by atoms with Crippen LogP contribution in [0.1, 0.15) is 11.1 Å². The first-order chi connectivity index (χ1) is 8.17. The molecule has 0 radical (unpaired) electrons. The number of phenolic OH excluding ortho intramolecular Hbond substituents is 1. The summed E-state index contributed by atoms with van der Waals surface area (Å²) in [5.41, 5.74) is 1.66. The summed E-state index contributed by atoms with van der Waals surface area (Å²) in [6, 6.07) is 5.18. The first kappa shape index (κ1) is 12.8. The molecule has 0 fully saturated rings. The van der Waals surface area contributed by atoms with Crippen LogP contribution < -0.4 is 5.32 Å². The molecule has 1 aromatic rings. The zero-order chi connectivity index (χ0) is 12.7. The normalized spacial score (nSPS) is 10.2. The van der Waals surface area contributed by atoms with E-state index in [1.54, 1.807) is 24.3 Å². The molecule has 4 nitrogen and oxygen atoms in total. The number of aromatic hydroxyl groups is 1. The van der Waals surface area contributed by atoms with Crippen molar-refractivity contribution < 1.29 is 14.6 Å². The highest BCUT2D eigenvalue weighted by molar-refractivity contribution is 5.69. The summed E-state index contributed by atoms with van der Waals surface area (Å²) in [7, 11) is 1.30. The second-order valence-corrected chi connectivity index (χ2v) is 3.35. The fraction of sp³-hybridized carbons (Fsp3) is 0.154. The van der Waals surface area contributed by atoms with Gasteiger partial charge in [0.2, 0.25) is 0 Å².